The summed E-state index contributed by atoms with van der Waals surface area (Å²) in [6, 6.07) is 8.32. The molecule has 0 unspecified atom stereocenters. The Balaban J connectivity index is 0.00000320. The lowest BCUT2D eigenvalue weighted by Gasteiger charge is -2.35. The van der Waals surface area contributed by atoms with Gasteiger partial charge >= 0.3 is 5.97 Å². The number of carboxylic acid groups (broad SMARTS) is 1. The van der Waals surface area contributed by atoms with Crippen molar-refractivity contribution in [1.29, 1.82) is 0 Å². The first-order chi connectivity index (χ1) is 13.9. The van der Waals surface area contributed by atoms with Gasteiger partial charge in [0.15, 0.2) is 0 Å². The van der Waals surface area contributed by atoms with Gasteiger partial charge in [-0.1, -0.05) is 19.3 Å². The van der Waals surface area contributed by atoms with Crippen molar-refractivity contribution in [1.82, 2.24) is 9.29 Å². The number of hydrogen-bond acceptors (Lipinski definition) is 5. The van der Waals surface area contributed by atoms with E-state index < -0.39 is 22.0 Å². The van der Waals surface area contributed by atoms with Crippen molar-refractivity contribution in [3.63, 3.8) is 0 Å². The Kier molecular flexibility index (Phi) is 8.64. The number of hydrogen-bond donors (Lipinski definition) is 1. The maximum Gasteiger partial charge on any atom is 0.322 e. The highest BCUT2D eigenvalue weighted by Gasteiger charge is 2.41. The molecule has 2 aromatic rings. The SMILES string of the molecule is COc1ccc(S(=O)(=O)N(Cc2ccncc2)[C@@H](C(=O)O)C2CCCCC2)cc1.Cl. The minimum Gasteiger partial charge on any atom is -0.497 e. The molecule has 1 aromatic carbocycles. The number of nitrogens with zero attached hydrogens (tertiary/aromatic N) is 2. The Morgan fingerprint density at radius 3 is 2.27 bits per heavy atom. The first-order valence-corrected chi connectivity index (χ1v) is 11.1. The largest absolute Gasteiger partial charge is 0.497 e. The molecule has 0 aliphatic heterocycles. The number of aliphatic carboxylic acids is 1. The molecule has 0 spiro atoms. The standard InChI is InChI=1S/C21H26N2O5S.ClH/c1-28-18-7-9-19(10-8-18)29(26,27)23(15-16-11-13-22-14-12-16)20(21(24)25)17-5-3-2-4-6-17;/h7-14,17,20H,2-6,15H2,1H3,(H,24,25);1H/t20-;/m1./s1. The molecule has 3 rings (SSSR count). The highest BCUT2D eigenvalue weighted by Crippen LogP contribution is 2.33. The predicted octanol–water partition coefficient (Wildman–Crippen LogP) is 3.74. The smallest absolute Gasteiger partial charge is 0.322 e. The molecule has 1 atom stereocenters. The van der Waals surface area contributed by atoms with Crippen LogP contribution in [0.5, 0.6) is 5.75 Å². The van der Waals surface area contributed by atoms with Crippen molar-refractivity contribution in [3.05, 3.63) is 54.4 Å². The van der Waals surface area contributed by atoms with Crippen LogP contribution in [0.3, 0.4) is 0 Å². The summed E-state index contributed by atoms with van der Waals surface area (Å²) in [6.07, 6.45) is 7.45. The summed E-state index contributed by atoms with van der Waals surface area (Å²) in [7, 11) is -2.54. The number of carboxylic acids is 1. The van der Waals surface area contributed by atoms with Gasteiger partial charge in [-0.15, -0.1) is 12.4 Å². The molecular formula is C21H27ClN2O5S. The van der Waals surface area contributed by atoms with Crippen molar-refractivity contribution >= 4 is 28.4 Å². The maximum atomic E-state index is 13.5. The van der Waals surface area contributed by atoms with Gasteiger partial charge in [0, 0.05) is 18.9 Å². The number of pyridine rings is 1. The average molecular weight is 455 g/mol. The third-order valence-corrected chi connectivity index (χ3v) is 7.25. The lowest BCUT2D eigenvalue weighted by atomic mass is 9.84. The molecular weight excluding hydrogens is 428 g/mol. The van der Waals surface area contributed by atoms with Crippen LogP contribution < -0.4 is 4.74 Å². The van der Waals surface area contributed by atoms with Gasteiger partial charge in [0.05, 0.1) is 12.0 Å². The van der Waals surface area contributed by atoms with E-state index in [1.54, 1.807) is 36.7 Å². The summed E-state index contributed by atoms with van der Waals surface area (Å²) in [6.45, 7) is -0.0235. The van der Waals surface area contributed by atoms with E-state index in [0.29, 0.717) is 24.2 Å². The van der Waals surface area contributed by atoms with Crippen LogP contribution >= 0.6 is 12.4 Å². The van der Waals surface area contributed by atoms with Crippen LogP contribution in [0.1, 0.15) is 37.7 Å². The fraction of sp³-hybridized carbons (Fsp3) is 0.429. The highest BCUT2D eigenvalue weighted by atomic mass is 35.5. The number of halogens is 1. The molecule has 0 saturated heterocycles. The summed E-state index contributed by atoms with van der Waals surface area (Å²) in [4.78, 5) is 16.3. The van der Waals surface area contributed by atoms with E-state index in [9.17, 15) is 18.3 Å². The molecule has 0 amide bonds. The van der Waals surface area contributed by atoms with Crippen molar-refractivity contribution in [2.75, 3.05) is 7.11 Å². The quantitative estimate of drug-likeness (QED) is 0.652. The van der Waals surface area contributed by atoms with Crippen molar-refractivity contribution in [2.45, 2.75) is 49.6 Å². The van der Waals surface area contributed by atoms with Crippen molar-refractivity contribution in [2.24, 2.45) is 5.92 Å². The molecule has 9 heteroatoms. The number of ether oxygens (including phenoxy) is 1. The Hall–Kier alpha value is -2.16. The fourth-order valence-electron chi connectivity index (χ4n) is 3.89. The zero-order valence-corrected chi connectivity index (χ0v) is 18.4. The summed E-state index contributed by atoms with van der Waals surface area (Å²) in [5, 5.41) is 10.0. The molecule has 1 aliphatic carbocycles. The van der Waals surface area contributed by atoms with Gasteiger partial charge in [-0.2, -0.15) is 4.31 Å². The molecule has 0 bridgehead atoms. The van der Waals surface area contributed by atoms with Gasteiger partial charge in [-0.05, 0) is 60.7 Å². The third-order valence-electron chi connectivity index (χ3n) is 5.41. The van der Waals surface area contributed by atoms with Crippen LogP contribution in [0.25, 0.3) is 0 Å². The van der Waals surface area contributed by atoms with Gasteiger partial charge in [0.2, 0.25) is 10.0 Å². The molecule has 7 nitrogen and oxygen atoms in total. The zero-order valence-electron chi connectivity index (χ0n) is 16.8. The molecule has 1 aromatic heterocycles. The number of benzene rings is 1. The maximum absolute atomic E-state index is 13.5. The number of rotatable bonds is 8. The first kappa shape index (κ1) is 24.1. The van der Waals surface area contributed by atoms with E-state index in [0.717, 1.165) is 23.6 Å². The monoisotopic (exact) mass is 454 g/mol. The van der Waals surface area contributed by atoms with E-state index in [2.05, 4.69) is 4.98 Å². The molecule has 1 N–H and O–H groups in total. The topological polar surface area (TPSA) is 96.8 Å². The van der Waals surface area contributed by atoms with Crippen LogP contribution in [0, 0.1) is 5.92 Å². The Morgan fingerprint density at radius 1 is 1.13 bits per heavy atom. The van der Waals surface area contributed by atoms with Gasteiger partial charge < -0.3 is 9.84 Å². The summed E-state index contributed by atoms with van der Waals surface area (Å²) in [5.74, 6) is -0.786. The lowest BCUT2D eigenvalue weighted by molar-refractivity contribution is -0.144. The lowest BCUT2D eigenvalue weighted by Crippen LogP contribution is -2.49. The van der Waals surface area contributed by atoms with Crippen molar-refractivity contribution in [3.8, 4) is 5.75 Å². The van der Waals surface area contributed by atoms with Gasteiger partial charge in [-0.25, -0.2) is 8.42 Å². The van der Waals surface area contributed by atoms with Gasteiger partial charge in [0.25, 0.3) is 0 Å². The molecule has 1 heterocycles. The predicted molar refractivity (Wildman–Crippen MR) is 115 cm³/mol. The number of carbonyl (C=O) groups is 1. The highest BCUT2D eigenvalue weighted by molar-refractivity contribution is 7.89. The summed E-state index contributed by atoms with van der Waals surface area (Å²) < 4.78 is 33.3. The number of sulfonamides is 1. The van der Waals surface area contributed by atoms with E-state index in [-0.39, 0.29) is 29.8 Å². The second kappa shape index (κ2) is 10.7. The minimum atomic E-state index is -4.04. The number of methoxy groups -OCH3 is 1. The van der Waals surface area contributed by atoms with Crippen LogP contribution in [0.15, 0.2) is 53.7 Å². The van der Waals surface area contributed by atoms with Gasteiger partial charge in [-0.3, -0.25) is 9.78 Å². The molecule has 1 fully saturated rings. The van der Waals surface area contributed by atoms with Crippen molar-refractivity contribution < 1.29 is 23.1 Å². The Labute approximate surface area is 183 Å². The van der Waals surface area contributed by atoms with E-state index in [1.165, 1.54) is 19.2 Å². The molecule has 1 aliphatic rings. The van der Waals surface area contributed by atoms with Crippen LogP contribution in [0.4, 0.5) is 0 Å². The second-order valence-corrected chi connectivity index (χ2v) is 9.15. The molecule has 164 valence electrons. The normalized spacial score (nSPS) is 15.9. The Bertz CT molecular complexity index is 916. The van der Waals surface area contributed by atoms with E-state index in [1.807, 2.05) is 0 Å². The van der Waals surface area contributed by atoms with Crippen LogP contribution in [0.2, 0.25) is 0 Å². The number of aromatic nitrogens is 1. The average Bonchev–Trinajstić information content (AvgIpc) is 2.74. The fourth-order valence-corrected chi connectivity index (χ4v) is 5.53. The summed E-state index contributed by atoms with van der Waals surface area (Å²) in [5.41, 5.74) is 0.694. The van der Waals surface area contributed by atoms with E-state index >= 15 is 0 Å². The molecule has 30 heavy (non-hydrogen) atoms. The second-order valence-electron chi connectivity index (χ2n) is 7.26. The minimum absolute atomic E-state index is 0. The first-order valence-electron chi connectivity index (χ1n) is 9.71. The van der Waals surface area contributed by atoms with Crippen LogP contribution in [-0.4, -0.2) is 41.9 Å². The third kappa shape index (κ3) is 5.50. The van der Waals surface area contributed by atoms with Gasteiger partial charge in [0.1, 0.15) is 11.8 Å². The molecule has 0 radical (unpaired) electrons. The molecule has 1 saturated carbocycles. The van der Waals surface area contributed by atoms with Crippen LogP contribution in [-0.2, 0) is 21.4 Å². The zero-order chi connectivity index (χ0) is 20.9. The van der Waals surface area contributed by atoms with E-state index in [4.69, 9.17) is 4.74 Å². The summed E-state index contributed by atoms with van der Waals surface area (Å²) >= 11 is 0. The Morgan fingerprint density at radius 2 is 1.73 bits per heavy atom.